The molecule has 27 heavy (non-hydrogen) atoms. The van der Waals surface area contributed by atoms with Gasteiger partial charge in [-0.1, -0.05) is 35.3 Å². The summed E-state index contributed by atoms with van der Waals surface area (Å²) in [6.07, 6.45) is 7.42. The van der Waals surface area contributed by atoms with E-state index < -0.39 is 0 Å². The number of thioether (sulfide) groups is 1. The number of aryl methyl sites for hydroxylation is 1. The molecular weight excluding hydrogens is 402 g/mol. The fourth-order valence-corrected chi connectivity index (χ4v) is 4.62. The maximum absolute atomic E-state index is 13.2. The average molecular weight is 423 g/mol. The van der Waals surface area contributed by atoms with Crippen LogP contribution in [0.5, 0.6) is 0 Å². The van der Waals surface area contributed by atoms with E-state index in [0.29, 0.717) is 5.02 Å². The second-order valence-electron chi connectivity index (χ2n) is 6.84. The number of hydrogen-bond acceptors (Lipinski definition) is 2. The van der Waals surface area contributed by atoms with E-state index in [9.17, 15) is 4.39 Å². The van der Waals surface area contributed by atoms with Crippen molar-refractivity contribution < 1.29 is 4.39 Å². The molecule has 6 heteroatoms. The van der Waals surface area contributed by atoms with Crippen LogP contribution in [-0.2, 0) is 18.7 Å². The molecule has 0 aliphatic rings. The quantitative estimate of drug-likeness (QED) is 0.404. The van der Waals surface area contributed by atoms with Crippen LogP contribution in [0.15, 0.2) is 61.2 Å². The van der Waals surface area contributed by atoms with E-state index in [1.54, 1.807) is 12.3 Å². The smallest absolute Gasteiger partial charge is 0.123 e. The Bertz CT molecular complexity index is 868. The van der Waals surface area contributed by atoms with Crippen LogP contribution in [0.25, 0.3) is 0 Å². The van der Waals surface area contributed by atoms with Gasteiger partial charge in [-0.25, -0.2) is 9.37 Å². The highest BCUT2D eigenvalue weighted by molar-refractivity contribution is 7.99. The molecule has 0 amide bonds. The zero-order valence-electron chi connectivity index (χ0n) is 15.0. The lowest BCUT2D eigenvalue weighted by Crippen LogP contribution is -2.27. The minimum absolute atomic E-state index is 0.0409. The summed E-state index contributed by atoms with van der Waals surface area (Å²) in [5.74, 6) is 0.568. The third-order valence-electron chi connectivity index (χ3n) is 4.52. The van der Waals surface area contributed by atoms with Gasteiger partial charge in [0.2, 0.25) is 0 Å². The second-order valence-corrected chi connectivity index (χ2v) is 9.24. The molecule has 0 bridgehead atoms. The van der Waals surface area contributed by atoms with Crippen molar-refractivity contribution in [1.82, 2.24) is 9.55 Å². The summed E-state index contributed by atoms with van der Waals surface area (Å²) in [5.41, 5.74) is 2.17. The Morgan fingerprint density at radius 1 is 1.15 bits per heavy atom. The molecule has 1 aromatic heterocycles. The number of nitrogens with zero attached hydrogens (tertiary/aromatic N) is 2. The van der Waals surface area contributed by atoms with E-state index in [-0.39, 0.29) is 10.6 Å². The predicted octanol–water partition coefficient (Wildman–Crippen LogP) is 6.65. The molecule has 0 aliphatic heterocycles. The largest absolute Gasteiger partial charge is 0.336 e. The van der Waals surface area contributed by atoms with Gasteiger partial charge in [-0.15, -0.1) is 11.8 Å². The van der Waals surface area contributed by atoms with Gasteiger partial charge >= 0.3 is 0 Å². The van der Waals surface area contributed by atoms with Crippen molar-refractivity contribution in [1.29, 1.82) is 0 Å². The van der Waals surface area contributed by atoms with E-state index in [1.807, 2.05) is 48.6 Å². The molecule has 2 nitrogen and oxygen atoms in total. The van der Waals surface area contributed by atoms with Crippen LogP contribution in [0.3, 0.4) is 0 Å². The third kappa shape index (κ3) is 6.00. The average Bonchev–Trinajstić information content (AvgIpc) is 3.15. The van der Waals surface area contributed by atoms with Gasteiger partial charge in [0.25, 0.3) is 0 Å². The number of rotatable bonds is 8. The van der Waals surface area contributed by atoms with Crippen molar-refractivity contribution in [3.05, 3.63) is 88.2 Å². The van der Waals surface area contributed by atoms with E-state index in [0.717, 1.165) is 41.3 Å². The van der Waals surface area contributed by atoms with Crippen LogP contribution < -0.4 is 0 Å². The standard InChI is InChI=1S/C21H21Cl2FN2S/c1-21(14-26-11-10-25-15-26,9-8-16-2-5-19(24)6-3-16)27-13-17-12-18(22)4-7-20(17)23/h2-7,10-12,15H,8-9,13-14H2,1H3. The molecular formula is C21H21Cl2FN2S. The minimum Gasteiger partial charge on any atom is -0.336 e. The highest BCUT2D eigenvalue weighted by atomic mass is 35.5. The van der Waals surface area contributed by atoms with Crippen molar-refractivity contribution in [3.63, 3.8) is 0 Å². The lowest BCUT2D eigenvalue weighted by Gasteiger charge is -2.30. The summed E-state index contributed by atoms with van der Waals surface area (Å²) in [4.78, 5) is 4.15. The SMILES string of the molecule is CC(CCc1ccc(F)cc1)(Cn1ccnc1)SCc1cc(Cl)ccc1Cl. The number of halogens is 3. The lowest BCUT2D eigenvalue weighted by molar-refractivity contribution is 0.495. The Labute approximate surface area is 173 Å². The van der Waals surface area contributed by atoms with Crippen molar-refractivity contribution in [2.24, 2.45) is 0 Å². The summed E-state index contributed by atoms with van der Waals surface area (Å²) in [7, 11) is 0. The summed E-state index contributed by atoms with van der Waals surface area (Å²) in [6.45, 7) is 3.08. The lowest BCUT2D eigenvalue weighted by atomic mass is 10.00. The monoisotopic (exact) mass is 422 g/mol. The Morgan fingerprint density at radius 3 is 2.63 bits per heavy atom. The van der Waals surface area contributed by atoms with Gasteiger partial charge in [-0.3, -0.25) is 0 Å². The van der Waals surface area contributed by atoms with Crippen LogP contribution in [0.1, 0.15) is 24.5 Å². The summed E-state index contributed by atoms with van der Waals surface area (Å²) >= 11 is 14.3. The van der Waals surface area contributed by atoms with Crippen LogP contribution in [0.2, 0.25) is 10.0 Å². The van der Waals surface area contributed by atoms with E-state index in [1.165, 1.54) is 12.1 Å². The fourth-order valence-electron chi connectivity index (χ4n) is 2.93. The first-order valence-electron chi connectivity index (χ1n) is 8.72. The van der Waals surface area contributed by atoms with Crippen LogP contribution >= 0.6 is 35.0 Å². The molecule has 0 aliphatic carbocycles. The normalized spacial score (nSPS) is 13.5. The molecule has 1 unspecified atom stereocenters. The Balaban J connectivity index is 1.72. The molecule has 0 saturated heterocycles. The number of imidazole rings is 1. The first-order valence-corrected chi connectivity index (χ1v) is 10.5. The number of benzene rings is 2. The molecule has 0 fully saturated rings. The van der Waals surface area contributed by atoms with Crippen LogP contribution in [0, 0.1) is 5.82 Å². The molecule has 2 aromatic carbocycles. The van der Waals surface area contributed by atoms with Crippen molar-refractivity contribution in [2.75, 3.05) is 0 Å². The van der Waals surface area contributed by atoms with Gasteiger partial charge in [-0.2, -0.15) is 0 Å². The molecule has 142 valence electrons. The molecule has 0 spiro atoms. The van der Waals surface area contributed by atoms with Gasteiger partial charge in [0.1, 0.15) is 5.82 Å². The van der Waals surface area contributed by atoms with Crippen molar-refractivity contribution in [3.8, 4) is 0 Å². The molecule has 3 rings (SSSR count). The van der Waals surface area contributed by atoms with Crippen molar-refractivity contribution >= 4 is 35.0 Å². The number of hydrogen-bond donors (Lipinski definition) is 0. The van der Waals surface area contributed by atoms with Crippen LogP contribution in [0.4, 0.5) is 4.39 Å². The Kier molecular flexibility index (Phi) is 6.85. The predicted molar refractivity (Wildman–Crippen MR) is 113 cm³/mol. The summed E-state index contributed by atoms with van der Waals surface area (Å²) < 4.78 is 15.2. The van der Waals surface area contributed by atoms with E-state index in [2.05, 4.69) is 16.5 Å². The first kappa shape index (κ1) is 20.2. The van der Waals surface area contributed by atoms with E-state index in [4.69, 9.17) is 23.2 Å². The third-order valence-corrected chi connectivity index (χ3v) is 6.61. The molecule has 0 radical (unpaired) electrons. The van der Waals surface area contributed by atoms with Gasteiger partial charge < -0.3 is 4.57 Å². The summed E-state index contributed by atoms with van der Waals surface area (Å²) in [5, 5.41) is 1.42. The number of aromatic nitrogens is 2. The second kappa shape index (κ2) is 9.13. The van der Waals surface area contributed by atoms with Gasteiger partial charge in [0, 0.05) is 39.5 Å². The topological polar surface area (TPSA) is 17.8 Å². The zero-order valence-corrected chi connectivity index (χ0v) is 17.4. The maximum atomic E-state index is 13.2. The fraction of sp³-hybridized carbons (Fsp3) is 0.286. The highest BCUT2D eigenvalue weighted by Crippen LogP contribution is 2.36. The molecule has 0 saturated carbocycles. The van der Waals surface area contributed by atoms with E-state index >= 15 is 0 Å². The van der Waals surface area contributed by atoms with Crippen molar-refractivity contribution in [2.45, 2.75) is 36.8 Å². The Morgan fingerprint density at radius 2 is 1.93 bits per heavy atom. The molecule has 1 atom stereocenters. The van der Waals surface area contributed by atoms with Gasteiger partial charge in [0.05, 0.1) is 6.33 Å². The Hall–Kier alpha value is -1.49. The summed E-state index contributed by atoms with van der Waals surface area (Å²) in [6, 6.07) is 12.3. The minimum atomic E-state index is -0.204. The zero-order chi connectivity index (χ0) is 19.3. The highest BCUT2D eigenvalue weighted by Gasteiger charge is 2.26. The van der Waals surface area contributed by atoms with Gasteiger partial charge in [-0.05, 0) is 61.2 Å². The van der Waals surface area contributed by atoms with Crippen LogP contribution in [-0.4, -0.2) is 14.3 Å². The van der Waals surface area contributed by atoms with Gasteiger partial charge in [0.15, 0.2) is 0 Å². The first-order chi connectivity index (χ1) is 12.9. The molecule has 1 heterocycles. The molecule has 0 N–H and O–H groups in total. The molecule has 3 aromatic rings. The maximum Gasteiger partial charge on any atom is 0.123 e.